The van der Waals surface area contributed by atoms with Crippen molar-refractivity contribution in [3.8, 4) is 29.0 Å². The molecule has 0 N–H and O–H groups in total. The van der Waals surface area contributed by atoms with Crippen LogP contribution in [-0.2, 0) is 6.42 Å². The number of aryl methyl sites for hydroxylation is 1. The fraction of sp³-hybridized carbons (Fsp3) is 0.467. The molecule has 0 fully saturated rings. The Bertz CT molecular complexity index is 634. The average molecular weight is 304 g/mol. The van der Waals surface area contributed by atoms with Crippen molar-refractivity contribution in [2.45, 2.75) is 26.2 Å². The highest BCUT2D eigenvalue weighted by Gasteiger charge is 2.15. The third-order valence-corrected chi connectivity index (χ3v) is 3.21. The summed E-state index contributed by atoms with van der Waals surface area (Å²) in [6.07, 6.45) is 4.64. The monoisotopic (exact) mass is 304 g/mol. The molecule has 0 aliphatic heterocycles. The van der Waals surface area contributed by atoms with Gasteiger partial charge < -0.3 is 14.2 Å². The van der Waals surface area contributed by atoms with E-state index in [9.17, 15) is 0 Å². The standard InChI is InChI=1S/C15H20N4O3/c1-5-6-7-10-8-12(18-19-13(10)20-2)11-9-16-15(22-4)17-14(11)21-3/h8-9H,5-7H2,1-4H3. The summed E-state index contributed by atoms with van der Waals surface area (Å²) in [6.45, 7) is 2.14. The number of nitrogens with zero attached hydrogens (tertiary/aromatic N) is 4. The lowest BCUT2D eigenvalue weighted by Gasteiger charge is -2.10. The Balaban J connectivity index is 2.43. The van der Waals surface area contributed by atoms with Crippen molar-refractivity contribution in [2.75, 3.05) is 21.3 Å². The van der Waals surface area contributed by atoms with Crippen LogP contribution in [0.5, 0.6) is 17.8 Å². The minimum absolute atomic E-state index is 0.244. The fourth-order valence-electron chi connectivity index (χ4n) is 2.05. The lowest BCUT2D eigenvalue weighted by atomic mass is 10.1. The summed E-state index contributed by atoms with van der Waals surface area (Å²) >= 11 is 0. The van der Waals surface area contributed by atoms with E-state index in [0.717, 1.165) is 24.8 Å². The van der Waals surface area contributed by atoms with Crippen LogP contribution in [0.1, 0.15) is 25.3 Å². The zero-order chi connectivity index (χ0) is 15.9. The molecule has 0 atom stereocenters. The molecule has 2 heterocycles. The second-order valence-corrected chi connectivity index (χ2v) is 4.65. The molecule has 7 heteroatoms. The number of aromatic nitrogens is 4. The van der Waals surface area contributed by atoms with Crippen LogP contribution in [0.25, 0.3) is 11.3 Å². The minimum Gasteiger partial charge on any atom is -0.480 e. The zero-order valence-corrected chi connectivity index (χ0v) is 13.3. The van der Waals surface area contributed by atoms with Crippen LogP contribution in [0.4, 0.5) is 0 Å². The summed E-state index contributed by atoms with van der Waals surface area (Å²) in [4.78, 5) is 8.27. The molecule has 0 bridgehead atoms. The molecule has 0 saturated heterocycles. The molecular formula is C15H20N4O3. The van der Waals surface area contributed by atoms with Gasteiger partial charge >= 0.3 is 6.01 Å². The van der Waals surface area contributed by atoms with Crippen LogP contribution >= 0.6 is 0 Å². The van der Waals surface area contributed by atoms with Gasteiger partial charge in [-0.3, -0.25) is 0 Å². The van der Waals surface area contributed by atoms with Crippen molar-refractivity contribution >= 4 is 0 Å². The van der Waals surface area contributed by atoms with E-state index >= 15 is 0 Å². The molecule has 0 aliphatic rings. The lowest BCUT2D eigenvalue weighted by Crippen LogP contribution is -2.02. The van der Waals surface area contributed by atoms with Gasteiger partial charge in [0, 0.05) is 11.8 Å². The predicted molar refractivity (Wildman–Crippen MR) is 81.3 cm³/mol. The molecule has 0 amide bonds. The van der Waals surface area contributed by atoms with Crippen molar-refractivity contribution in [3.63, 3.8) is 0 Å². The fourth-order valence-corrected chi connectivity index (χ4v) is 2.05. The first-order valence-corrected chi connectivity index (χ1v) is 7.09. The molecule has 22 heavy (non-hydrogen) atoms. The SMILES string of the molecule is CCCCc1cc(-c2cnc(OC)nc2OC)nnc1OC. The maximum atomic E-state index is 5.29. The van der Waals surface area contributed by atoms with E-state index in [0.29, 0.717) is 23.0 Å². The first-order valence-electron chi connectivity index (χ1n) is 7.09. The van der Waals surface area contributed by atoms with Crippen molar-refractivity contribution in [1.29, 1.82) is 0 Å². The number of hydrogen-bond donors (Lipinski definition) is 0. The van der Waals surface area contributed by atoms with E-state index in [-0.39, 0.29) is 6.01 Å². The number of hydrogen-bond acceptors (Lipinski definition) is 7. The first kappa shape index (κ1) is 15.9. The Hall–Kier alpha value is -2.44. The molecule has 0 unspecified atom stereocenters. The molecule has 0 radical (unpaired) electrons. The van der Waals surface area contributed by atoms with Crippen molar-refractivity contribution in [2.24, 2.45) is 0 Å². The molecule has 0 spiro atoms. The van der Waals surface area contributed by atoms with Gasteiger partial charge in [-0.25, -0.2) is 4.98 Å². The summed E-state index contributed by atoms with van der Waals surface area (Å²) in [7, 11) is 4.64. The van der Waals surface area contributed by atoms with Gasteiger partial charge in [0.15, 0.2) is 0 Å². The Morgan fingerprint density at radius 3 is 2.41 bits per heavy atom. The predicted octanol–water partition coefficient (Wildman–Crippen LogP) is 2.30. The second kappa shape index (κ2) is 7.53. The van der Waals surface area contributed by atoms with E-state index in [4.69, 9.17) is 14.2 Å². The Labute approximate surface area is 129 Å². The summed E-state index contributed by atoms with van der Waals surface area (Å²) in [5.74, 6) is 0.943. The van der Waals surface area contributed by atoms with E-state index in [1.807, 2.05) is 6.07 Å². The number of unbranched alkanes of at least 4 members (excludes halogenated alkanes) is 1. The summed E-state index contributed by atoms with van der Waals surface area (Å²) in [6, 6.07) is 2.18. The summed E-state index contributed by atoms with van der Waals surface area (Å²) < 4.78 is 15.6. The average Bonchev–Trinajstić information content (AvgIpc) is 2.58. The van der Waals surface area contributed by atoms with E-state index in [1.165, 1.54) is 7.11 Å². The van der Waals surface area contributed by atoms with E-state index in [1.54, 1.807) is 20.4 Å². The summed E-state index contributed by atoms with van der Waals surface area (Å²) in [5, 5.41) is 8.31. The second-order valence-electron chi connectivity index (χ2n) is 4.65. The van der Waals surface area contributed by atoms with Gasteiger partial charge in [0.05, 0.1) is 26.9 Å². The van der Waals surface area contributed by atoms with Crippen molar-refractivity contribution in [3.05, 3.63) is 17.8 Å². The largest absolute Gasteiger partial charge is 0.480 e. The molecule has 2 rings (SSSR count). The minimum atomic E-state index is 0.244. The molecular weight excluding hydrogens is 284 g/mol. The smallest absolute Gasteiger partial charge is 0.319 e. The van der Waals surface area contributed by atoms with Crippen LogP contribution in [0.15, 0.2) is 12.3 Å². The number of methoxy groups -OCH3 is 3. The Kier molecular flexibility index (Phi) is 5.46. The maximum absolute atomic E-state index is 5.29. The quantitative estimate of drug-likeness (QED) is 0.776. The lowest BCUT2D eigenvalue weighted by molar-refractivity contribution is 0.353. The number of ether oxygens (including phenoxy) is 3. The molecule has 0 aliphatic carbocycles. The van der Waals surface area contributed by atoms with Crippen LogP contribution in [0.2, 0.25) is 0 Å². The molecule has 0 aromatic carbocycles. The third-order valence-electron chi connectivity index (χ3n) is 3.21. The van der Waals surface area contributed by atoms with Crippen molar-refractivity contribution < 1.29 is 14.2 Å². The molecule has 2 aromatic heterocycles. The van der Waals surface area contributed by atoms with Gasteiger partial charge in [-0.1, -0.05) is 13.3 Å². The van der Waals surface area contributed by atoms with Gasteiger partial charge in [-0.05, 0) is 18.9 Å². The highest BCUT2D eigenvalue weighted by molar-refractivity contribution is 5.64. The van der Waals surface area contributed by atoms with Gasteiger partial charge in [-0.15, -0.1) is 10.2 Å². The zero-order valence-electron chi connectivity index (χ0n) is 13.3. The molecule has 118 valence electrons. The van der Waals surface area contributed by atoms with Gasteiger partial charge in [0.25, 0.3) is 0 Å². The Morgan fingerprint density at radius 2 is 1.77 bits per heavy atom. The normalized spacial score (nSPS) is 10.4. The highest BCUT2D eigenvalue weighted by Crippen LogP contribution is 2.29. The van der Waals surface area contributed by atoms with Crippen LogP contribution in [-0.4, -0.2) is 41.5 Å². The summed E-state index contributed by atoms with van der Waals surface area (Å²) in [5.41, 5.74) is 2.31. The van der Waals surface area contributed by atoms with Crippen molar-refractivity contribution in [1.82, 2.24) is 20.2 Å². The maximum Gasteiger partial charge on any atom is 0.319 e. The molecule has 7 nitrogen and oxygen atoms in total. The van der Waals surface area contributed by atoms with Crippen LogP contribution in [0.3, 0.4) is 0 Å². The van der Waals surface area contributed by atoms with Crippen LogP contribution < -0.4 is 14.2 Å². The van der Waals surface area contributed by atoms with E-state index < -0.39 is 0 Å². The van der Waals surface area contributed by atoms with Gasteiger partial charge in [-0.2, -0.15) is 4.98 Å². The van der Waals surface area contributed by atoms with E-state index in [2.05, 4.69) is 27.1 Å². The molecule has 2 aromatic rings. The highest BCUT2D eigenvalue weighted by atomic mass is 16.5. The number of rotatable bonds is 7. The van der Waals surface area contributed by atoms with Crippen LogP contribution in [0, 0.1) is 0 Å². The Morgan fingerprint density at radius 1 is 1.00 bits per heavy atom. The first-order chi connectivity index (χ1) is 10.7. The molecule has 0 saturated carbocycles. The third kappa shape index (κ3) is 3.41. The van der Waals surface area contributed by atoms with Gasteiger partial charge in [0.1, 0.15) is 5.69 Å². The van der Waals surface area contributed by atoms with Gasteiger partial charge in [0.2, 0.25) is 11.8 Å². The topological polar surface area (TPSA) is 79.3 Å².